The summed E-state index contributed by atoms with van der Waals surface area (Å²) < 4.78 is 0. The summed E-state index contributed by atoms with van der Waals surface area (Å²) in [5.74, 6) is 0.362. The minimum atomic E-state index is -0.0414. The number of benzene rings is 1. The van der Waals surface area contributed by atoms with Gasteiger partial charge in [0, 0.05) is 36.4 Å². The molecule has 0 unspecified atom stereocenters. The molecule has 0 aliphatic carbocycles. The molecule has 2 rings (SSSR count). The Kier molecular flexibility index (Phi) is 5.43. The van der Waals surface area contributed by atoms with E-state index >= 15 is 0 Å². The lowest BCUT2D eigenvalue weighted by atomic mass is 9.90. The van der Waals surface area contributed by atoms with Gasteiger partial charge >= 0.3 is 0 Å². The van der Waals surface area contributed by atoms with E-state index in [-0.39, 0.29) is 24.4 Å². The number of carbonyl (C=O) groups is 2. The van der Waals surface area contributed by atoms with E-state index in [4.69, 9.17) is 0 Å². The number of ketones is 2. The van der Waals surface area contributed by atoms with Crippen LogP contribution >= 0.6 is 0 Å². The smallest absolute Gasteiger partial charge is 0.164 e. The summed E-state index contributed by atoms with van der Waals surface area (Å²) in [6.45, 7) is 8.27. The van der Waals surface area contributed by atoms with Crippen LogP contribution in [0.1, 0.15) is 70.0 Å². The van der Waals surface area contributed by atoms with Crippen LogP contribution in [0.25, 0.3) is 0 Å². The third-order valence-corrected chi connectivity index (χ3v) is 4.10. The summed E-state index contributed by atoms with van der Waals surface area (Å²) in [5, 5.41) is 0. The molecule has 0 saturated carbocycles. The van der Waals surface area contributed by atoms with Gasteiger partial charge in [0.25, 0.3) is 0 Å². The topological polar surface area (TPSA) is 47.0 Å². The van der Waals surface area contributed by atoms with Crippen LogP contribution in [0, 0.1) is 13.8 Å². The van der Waals surface area contributed by atoms with E-state index < -0.39 is 0 Å². The van der Waals surface area contributed by atoms with E-state index in [0.29, 0.717) is 11.5 Å². The Morgan fingerprint density at radius 3 is 2.35 bits per heavy atom. The van der Waals surface area contributed by atoms with Gasteiger partial charge in [0.1, 0.15) is 0 Å². The second kappa shape index (κ2) is 7.32. The summed E-state index contributed by atoms with van der Waals surface area (Å²) in [6, 6.07) is 7.51. The predicted molar refractivity (Wildman–Crippen MR) is 92.1 cm³/mol. The van der Waals surface area contributed by atoms with Crippen molar-refractivity contribution in [1.82, 2.24) is 4.98 Å². The van der Waals surface area contributed by atoms with Crippen LogP contribution in [0.2, 0.25) is 0 Å². The zero-order valence-corrected chi connectivity index (χ0v) is 14.2. The summed E-state index contributed by atoms with van der Waals surface area (Å²) in [5.41, 5.74) is 4.67. The minimum Gasteiger partial charge on any atom is -0.294 e. The number of aryl methyl sites for hydroxylation is 2. The number of aromatic nitrogens is 1. The highest BCUT2D eigenvalue weighted by atomic mass is 16.1. The standard InChI is InChI=1S/C20H23NO2/c1-13(2)17-11-18(15(4)10-14(17)3)20(23)8-7-19(22)16-6-5-9-21-12-16/h5-6,9-13H,7-8H2,1-4H3. The molecule has 0 fully saturated rings. The van der Waals surface area contributed by atoms with Crippen LogP contribution < -0.4 is 0 Å². The van der Waals surface area contributed by atoms with Crippen molar-refractivity contribution in [3.8, 4) is 0 Å². The molecule has 2 aromatic rings. The molecule has 3 nitrogen and oxygen atoms in total. The maximum Gasteiger partial charge on any atom is 0.164 e. The highest BCUT2D eigenvalue weighted by Gasteiger charge is 2.15. The van der Waals surface area contributed by atoms with E-state index in [9.17, 15) is 9.59 Å². The minimum absolute atomic E-state index is 0.0293. The van der Waals surface area contributed by atoms with Crippen LogP contribution in [0.15, 0.2) is 36.7 Å². The predicted octanol–water partition coefficient (Wildman–Crippen LogP) is 4.67. The first-order chi connectivity index (χ1) is 10.9. The highest BCUT2D eigenvalue weighted by Crippen LogP contribution is 2.24. The first kappa shape index (κ1) is 17.1. The van der Waals surface area contributed by atoms with Gasteiger partial charge in [-0.3, -0.25) is 14.6 Å². The molecule has 0 radical (unpaired) electrons. The molecule has 0 aliphatic rings. The van der Waals surface area contributed by atoms with Crippen LogP contribution in [-0.2, 0) is 0 Å². The Labute approximate surface area is 137 Å². The van der Waals surface area contributed by atoms with Gasteiger partial charge in [-0.15, -0.1) is 0 Å². The molecule has 0 N–H and O–H groups in total. The Morgan fingerprint density at radius 2 is 1.74 bits per heavy atom. The molecule has 120 valence electrons. The van der Waals surface area contributed by atoms with Gasteiger partial charge < -0.3 is 0 Å². The molecule has 0 spiro atoms. The van der Waals surface area contributed by atoms with Crippen molar-refractivity contribution in [3.05, 3.63) is 64.5 Å². The zero-order valence-electron chi connectivity index (χ0n) is 14.2. The third kappa shape index (κ3) is 4.13. The van der Waals surface area contributed by atoms with Crippen molar-refractivity contribution >= 4 is 11.6 Å². The summed E-state index contributed by atoms with van der Waals surface area (Å²) in [6.07, 6.45) is 3.62. The van der Waals surface area contributed by atoms with Gasteiger partial charge in [0.2, 0.25) is 0 Å². The zero-order chi connectivity index (χ0) is 17.0. The lowest BCUT2D eigenvalue weighted by molar-refractivity contribution is 0.0917. The van der Waals surface area contributed by atoms with E-state index in [2.05, 4.69) is 31.8 Å². The molecule has 0 saturated heterocycles. The largest absolute Gasteiger partial charge is 0.294 e. The van der Waals surface area contributed by atoms with E-state index in [1.165, 1.54) is 11.1 Å². The number of hydrogen-bond donors (Lipinski definition) is 0. The van der Waals surface area contributed by atoms with Gasteiger partial charge in [-0.2, -0.15) is 0 Å². The van der Waals surface area contributed by atoms with Crippen LogP contribution in [0.4, 0.5) is 0 Å². The average molecular weight is 309 g/mol. The second-order valence-corrected chi connectivity index (χ2v) is 6.27. The molecule has 3 heteroatoms. The van der Waals surface area contributed by atoms with E-state index in [1.54, 1.807) is 24.5 Å². The molecule has 0 amide bonds. The fraction of sp³-hybridized carbons (Fsp3) is 0.350. The lowest BCUT2D eigenvalue weighted by Crippen LogP contribution is -2.08. The molecule has 0 bridgehead atoms. The van der Waals surface area contributed by atoms with Crippen molar-refractivity contribution in [2.75, 3.05) is 0 Å². The Morgan fingerprint density at radius 1 is 1.04 bits per heavy atom. The number of Topliss-reactive ketones (excluding diaryl/α,β-unsaturated/α-hetero) is 2. The van der Waals surface area contributed by atoms with Gasteiger partial charge in [-0.25, -0.2) is 0 Å². The maximum absolute atomic E-state index is 12.5. The van der Waals surface area contributed by atoms with Crippen molar-refractivity contribution in [3.63, 3.8) is 0 Å². The molecule has 23 heavy (non-hydrogen) atoms. The highest BCUT2D eigenvalue weighted by molar-refractivity contribution is 6.02. The normalized spacial score (nSPS) is 10.8. The molecule has 0 aliphatic heterocycles. The molecular weight excluding hydrogens is 286 g/mol. The molecular formula is C20H23NO2. The molecule has 0 atom stereocenters. The third-order valence-electron chi connectivity index (χ3n) is 4.10. The lowest BCUT2D eigenvalue weighted by Gasteiger charge is -2.14. The Hall–Kier alpha value is -2.29. The van der Waals surface area contributed by atoms with Gasteiger partial charge in [-0.05, 0) is 54.7 Å². The maximum atomic E-state index is 12.5. The van der Waals surface area contributed by atoms with E-state index in [1.807, 2.05) is 13.0 Å². The van der Waals surface area contributed by atoms with Crippen LogP contribution in [-0.4, -0.2) is 16.6 Å². The monoisotopic (exact) mass is 309 g/mol. The van der Waals surface area contributed by atoms with Gasteiger partial charge in [0.15, 0.2) is 11.6 Å². The fourth-order valence-corrected chi connectivity index (χ4v) is 2.83. The van der Waals surface area contributed by atoms with Crippen molar-refractivity contribution < 1.29 is 9.59 Å². The first-order valence-electron chi connectivity index (χ1n) is 7.97. The van der Waals surface area contributed by atoms with Crippen LogP contribution in [0.5, 0.6) is 0 Å². The number of rotatable bonds is 6. The SMILES string of the molecule is Cc1cc(C)c(C(C)C)cc1C(=O)CCC(=O)c1cccnc1. The number of hydrogen-bond acceptors (Lipinski definition) is 3. The Bertz CT molecular complexity index is 718. The summed E-state index contributed by atoms with van der Waals surface area (Å²) in [4.78, 5) is 28.6. The number of nitrogens with zero attached hydrogens (tertiary/aromatic N) is 1. The Balaban J connectivity index is 2.12. The quantitative estimate of drug-likeness (QED) is 0.729. The summed E-state index contributed by atoms with van der Waals surface area (Å²) >= 11 is 0. The van der Waals surface area contributed by atoms with Crippen molar-refractivity contribution in [1.29, 1.82) is 0 Å². The fourth-order valence-electron chi connectivity index (χ4n) is 2.83. The second-order valence-electron chi connectivity index (χ2n) is 6.27. The number of pyridine rings is 1. The molecule has 1 aromatic heterocycles. The first-order valence-corrected chi connectivity index (χ1v) is 7.97. The summed E-state index contributed by atoms with van der Waals surface area (Å²) in [7, 11) is 0. The molecule has 1 heterocycles. The van der Waals surface area contributed by atoms with E-state index in [0.717, 1.165) is 11.1 Å². The van der Waals surface area contributed by atoms with Gasteiger partial charge in [0.05, 0.1) is 0 Å². The van der Waals surface area contributed by atoms with Crippen LogP contribution in [0.3, 0.4) is 0 Å². The molecule has 1 aromatic carbocycles. The average Bonchev–Trinajstić information content (AvgIpc) is 2.52. The van der Waals surface area contributed by atoms with Gasteiger partial charge in [-0.1, -0.05) is 19.9 Å². The number of carbonyl (C=O) groups excluding carboxylic acids is 2. The van der Waals surface area contributed by atoms with Crippen molar-refractivity contribution in [2.45, 2.75) is 46.5 Å². The van der Waals surface area contributed by atoms with Crippen molar-refractivity contribution in [2.24, 2.45) is 0 Å².